The van der Waals surface area contributed by atoms with E-state index in [0.29, 0.717) is 24.6 Å². The monoisotopic (exact) mass is 318 g/mol. The average Bonchev–Trinajstić information content (AvgIpc) is 2.76. The van der Waals surface area contributed by atoms with Gasteiger partial charge in [0.05, 0.1) is 6.61 Å². The van der Waals surface area contributed by atoms with Crippen LogP contribution in [0.15, 0.2) is 22.9 Å². The standard InChI is InChI=1S/C13H22N2O3S2/c1-5-6-15(7-8-18-4)20(16,17)13-11(2)10-19-12(13)9-14-3/h5,10,14H,1,6-9H2,2-4H3. The number of sulfonamides is 1. The maximum atomic E-state index is 12.8. The maximum absolute atomic E-state index is 12.8. The lowest BCUT2D eigenvalue weighted by atomic mass is 10.3. The minimum absolute atomic E-state index is 0.278. The Balaban J connectivity index is 3.18. The number of nitrogens with zero attached hydrogens (tertiary/aromatic N) is 1. The van der Waals surface area contributed by atoms with Crippen molar-refractivity contribution in [2.45, 2.75) is 18.4 Å². The molecule has 0 saturated carbocycles. The molecule has 0 aromatic carbocycles. The summed E-state index contributed by atoms with van der Waals surface area (Å²) in [7, 11) is -0.163. The van der Waals surface area contributed by atoms with Crippen molar-refractivity contribution in [3.05, 3.63) is 28.5 Å². The number of ether oxygens (including phenoxy) is 1. The summed E-state index contributed by atoms with van der Waals surface area (Å²) in [6.45, 7) is 6.95. The summed E-state index contributed by atoms with van der Waals surface area (Å²) in [5, 5.41) is 4.88. The highest BCUT2D eigenvalue weighted by atomic mass is 32.2. The Kier molecular flexibility index (Phi) is 6.84. The number of hydrogen-bond donors (Lipinski definition) is 1. The van der Waals surface area contributed by atoms with Gasteiger partial charge in [0.25, 0.3) is 0 Å². The number of rotatable bonds is 9. The van der Waals surface area contributed by atoms with Crippen LogP contribution in [0, 0.1) is 6.92 Å². The predicted octanol–water partition coefficient (Wildman–Crippen LogP) is 1.60. The number of nitrogens with one attached hydrogen (secondary N) is 1. The van der Waals surface area contributed by atoms with Gasteiger partial charge in [0.1, 0.15) is 4.90 Å². The Bertz CT molecular complexity index is 538. The first-order valence-corrected chi connectivity index (χ1v) is 8.62. The smallest absolute Gasteiger partial charge is 0.244 e. The lowest BCUT2D eigenvalue weighted by Crippen LogP contribution is -2.34. The summed E-state index contributed by atoms with van der Waals surface area (Å²) < 4.78 is 32.0. The van der Waals surface area contributed by atoms with Crippen molar-refractivity contribution in [1.29, 1.82) is 0 Å². The molecule has 1 heterocycles. The second-order valence-corrected chi connectivity index (χ2v) is 7.18. The Morgan fingerprint density at radius 2 is 2.25 bits per heavy atom. The van der Waals surface area contributed by atoms with Crippen LogP contribution in [0.5, 0.6) is 0 Å². The van der Waals surface area contributed by atoms with Crippen molar-refractivity contribution >= 4 is 21.4 Å². The zero-order chi connectivity index (χ0) is 15.2. The van der Waals surface area contributed by atoms with Crippen LogP contribution in [0.2, 0.25) is 0 Å². The van der Waals surface area contributed by atoms with Gasteiger partial charge in [0.2, 0.25) is 10.0 Å². The van der Waals surface area contributed by atoms with Gasteiger partial charge in [-0.05, 0) is 24.9 Å². The average molecular weight is 318 g/mol. The molecule has 0 aliphatic heterocycles. The number of aryl methyl sites for hydroxylation is 1. The quantitative estimate of drug-likeness (QED) is 0.703. The van der Waals surface area contributed by atoms with E-state index in [4.69, 9.17) is 4.74 Å². The number of thiophene rings is 1. The van der Waals surface area contributed by atoms with E-state index < -0.39 is 10.0 Å². The third-order valence-electron chi connectivity index (χ3n) is 2.80. The first-order chi connectivity index (χ1) is 9.48. The molecule has 1 aromatic heterocycles. The van der Waals surface area contributed by atoms with Crippen molar-refractivity contribution in [2.75, 3.05) is 33.9 Å². The first-order valence-electron chi connectivity index (χ1n) is 6.30. The molecule has 0 spiro atoms. The summed E-state index contributed by atoms with van der Waals surface area (Å²) in [5.41, 5.74) is 0.784. The fourth-order valence-corrected chi connectivity index (χ4v) is 5.06. The van der Waals surface area contributed by atoms with E-state index in [1.807, 2.05) is 12.3 Å². The van der Waals surface area contributed by atoms with Crippen molar-refractivity contribution in [2.24, 2.45) is 0 Å². The second-order valence-electron chi connectivity index (χ2n) is 4.35. The van der Waals surface area contributed by atoms with E-state index in [1.54, 1.807) is 20.2 Å². The fraction of sp³-hybridized carbons (Fsp3) is 0.538. The van der Waals surface area contributed by atoms with Gasteiger partial charge in [0, 0.05) is 31.6 Å². The third-order valence-corrected chi connectivity index (χ3v) is 6.13. The highest BCUT2D eigenvalue weighted by Gasteiger charge is 2.28. The van der Waals surface area contributed by atoms with Crippen molar-refractivity contribution in [3.63, 3.8) is 0 Å². The van der Waals surface area contributed by atoms with Gasteiger partial charge in [-0.15, -0.1) is 17.9 Å². The number of hydrogen-bond acceptors (Lipinski definition) is 5. The molecule has 0 aliphatic carbocycles. The molecule has 0 aliphatic rings. The van der Waals surface area contributed by atoms with Gasteiger partial charge in [-0.2, -0.15) is 4.31 Å². The molecule has 20 heavy (non-hydrogen) atoms. The van der Waals surface area contributed by atoms with Crippen LogP contribution in [0.3, 0.4) is 0 Å². The zero-order valence-corrected chi connectivity index (χ0v) is 13.8. The molecule has 5 nitrogen and oxygen atoms in total. The van der Waals surface area contributed by atoms with E-state index in [1.165, 1.54) is 15.6 Å². The highest BCUT2D eigenvalue weighted by molar-refractivity contribution is 7.89. The van der Waals surface area contributed by atoms with Crippen LogP contribution in [0.4, 0.5) is 0 Å². The first kappa shape index (κ1) is 17.3. The Morgan fingerprint density at radius 3 is 2.80 bits per heavy atom. The lowest BCUT2D eigenvalue weighted by molar-refractivity contribution is 0.182. The van der Waals surface area contributed by atoms with Crippen LogP contribution >= 0.6 is 11.3 Å². The van der Waals surface area contributed by atoms with E-state index in [2.05, 4.69) is 11.9 Å². The molecule has 1 rings (SSSR count). The normalized spacial score (nSPS) is 12.0. The molecular formula is C13H22N2O3S2. The summed E-state index contributed by atoms with van der Waals surface area (Å²) >= 11 is 1.46. The summed E-state index contributed by atoms with van der Waals surface area (Å²) in [6, 6.07) is 0. The molecule has 0 radical (unpaired) electrons. The summed E-state index contributed by atoms with van der Waals surface area (Å²) in [4.78, 5) is 1.24. The van der Waals surface area contributed by atoms with Crippen LogP contribution in [0.1, 0.15) is 10.4 Å². The SMILES string of the molecule is C=CCN(CCOC)S(=O)(=O)c1c(C)csc1CNC. The van der Waals surface area contributed by atoms with Gasteiger partial charge in [-0.1, -0.05) is 6.08 Å². The van der Waals surface area contributed by atoms with Gasteiger partial charge >= 0.3 is 0 Å². The fourth-order valence-electron chi connectivity index (χ4n) is 1.89. The largest absolute Gasteiger partial charge is 0.383 e. The lowest BCUT2D eigenvalue weighted by Gasteiger charge is -2.21. The van der Waals surface area contributed by atoms with E-state index in [-0.39, 0.29) is 6.54 Å². The molecule has 0 atom stereocenters. The molecule has 0 fully saturated rings. The van der Waals surface area contributed by atoms with Gasteiger partial charge in [-0.3, -0.25) is 0 Å². The maximum Gasteiger partial charge on any atom is 0.244 e. The van der Waals surface area contributed by atoms with E-state index in [9.17, 15) is 8.42 Å². The molecule has 0 saturated heterocycles. The van der Waals surface area contributed by atoms with Gasteiger partial charge in [0.15, 0.2) is 0 Å². The predicted molar refractivity (Wildman–Crippen MR) is 82.7 cm³/mol. The topological polar surface area (TPSA) is 58.6 Å². The summed E-state index contributed by atoms with van der Waals surface area (Å²) in [5.74, 6) is 0. The highest BCUT2D eigenvalue weighted by Crippen LogP contribution is 2.29. The summed E-state index contributed by atoms with van der Waals surface area (Å²) in [6.07, 6.45) is 1.59. The van der Waals surface area contributed by atoms with E-state index in [0.717, 1.165) is 10.4 Å². The van der Waals surface area contributed by atoms with Gasteiger partial charge < -0.3 is 10.1 Å². The second kappa shape index (κ2) is 7.90. The number of methoxy groups -OCH3 is 1. The Morgan fingerprint density at radius 1 is 1.55 bits per heavy atom. The third kappa shape index (κ3) is 3.89. The molecule has 1 aromatic rings. The minimum atomic E-state index is -3.52. The van der Waals surface area contributed by atoms with E-state index >= 15 is 0 Å². The molecule has 1 N–H and O–H groups in total. The molecular weight excluding hydrogens is 296 g/mol. The molecule has 114 valence electrons. The van der Waals surface area contributed by atoms with Crippen LogP contribution in [0.25, 0.3) is 0 Å². The molecule has 0 unspecified atom stereocenters. The van der Waals surface area contributed by atoms with Crippen molar-refractivity contribution in [3.8, 4) is 0 Å². The van der Waals surface area contributed by atoms with Crippen molar-refractivity contribution < 1.29 is 13.2 Å². The van der Waals surface area contributed by atoms with Crippen LogP contribution in [-0.2, 0) is 21.3 Å². The molecule has 0 amide bonds. The Hall–Kier alpha value is -0.730. The van der Waals surface area contributed by atoms with Crippen LogP contribution < -0.4 is 5.32 Å². The van der Waals surface area contributed by atoms with Crippen LogP contribution in [-0.4, -0.2) is 46.6 Å². The minimum Gasteiger partial charge on any atom is -0.383 e. The van der Waals surface area contributed by atoms with Crippen molar-refractivity contribution in [1.82, 2.24) is 9.62 Å². The molecule has 0 bridgehead atoms. The molecule has 7 heteroatoms. The van der Waals surface area contributed by atoms with Gasteiger partial charge in [-0.25, -0.2) is 8.42 Å². The Labute approximate surface area is 125 Å². The zero-order valence-electron chi connectivity index (χ0n) is 12.2.